The molecule has 0 spiro atoms. The fourth-order valence-corrected chi connectivity index (χ4v) is 2.61. The van der Waals surface area contributed by atoms with E-state index < -0.39 is 6.04 Å². The molecule has 3 amide bonds. The normalized spacial score (nSPS) is 15.6. The smallest absolute Gasteiger partial charge is 0.252 e. The zero-order valence-electron chi connectivity index (χ0n) is 15.7. The van der Waals surface area contributed by atoms with Gasteiger partial charge in [0.05, 0.1) is 12.6 Å². The number of guanidine groups is 1. The molecule has 1 aliphatic heterocycles. The minimum atomic E-state index is -0.844. The quantitative estimate of drug-likeness (QED) is 0.439. The number of nitrogens with one attached hydrogen (secondary N) is 4. The number of anilines is 2. The number of hydrogen-bond donors (Lipinski definition) is 4. The molecule has 0 unspecified atom stereocenters. The summed E-state index contributed by atoms with van der Waals surface area (Å²) in [6, 6.07) is 15.3. The van der Waals surface area contributed by atoms with Crippen molar-refractivity contribution in [3.05, 3.63) is 60.2 Å². The Balaban J connectivity index is 1.54. The van der Waals surface area contributed by atoms with Crippen LogP contribution in [0.3, 0.4) is 0 Å². The lowest BCUT2D eigenvalue weighted by molar-refractivity contribution is -0.123. The lowest BCUT2D eigenvalue weighted by Crippen LogP contribution is -2.35. The number of benzene rings is 2. The zero-order valence-corrected chi connectivity index (χ0v) is 15.7. The van der Waals surface area contributed by atoms with E-state index in [1.54, 1.807) is 30.5 Å². The molecule has 2 aromatic carbocycles. The third-order valence-electron chi connectivity index (χ3n) is 3.86. The second-order valence-electron chi connectivity index (χ2n) is 6.28. The molecule has 0 saturated heterocycles. The van der Waals surface area contributed by atoms with E-state index in [-0.39, 0.29) is 30.1 Å². The molecule has 1 heterocycles. The minimum absolute atomic E-state index is 0.121. The molecule has 29 heavy (non-hydrogen) atoms. The van der Waals surface area contributed by atoms with Gasteiger partial charge in [0.2, 0.25) is 17.8 Å². The van der Waals surface area contributed by atoms with Crippen molar-refractivity contribution < 1.29 is 14.4 Å². The molecular weight excluding hydrogens is 372 g/mol. The fourth-order valence-electron chi connectivity index (χ4n) is 2.61. The zero-order chi connectivity index (χ0) is 20.6. The summed E-state index contributed by atoms with van der Waals surface area (Å²) in [6.45, 7) is 1.40. The van der Waals surface area contributed by atoms with E-state index >= 15 is 0 Å². The molecule has 0 aromatic heterocycles. The van der Waals surface area contributed by atoms with Crippen LogP contribution in [-0.4, -0.2) is 35.9 Å². The largest absolute Gasteiger partial charge is 0.326 e. The second-order valence-corrected chi connectivity index (χ2v) is 6.28. The molecule has 1 aliphatic rings. The standard InChI is InChI=1S/C20H20N6O3/c1-13(27)22-15-8-5-9-16(10-15)23-18(28)11-17-19(29)25-20(24-17)26-21-12-14-6-3-2-4-7-14/h2-10,12,17H,11H2,1H3,(H,22,27)(H,23,28)(H2,24,25,26,29)/b21-12-/t17-/m1/s1. The monoisotopic (exact) mass is 392 g/mol. The van der Waals surface area contributed by atoms with Crippen LogP contribution in [0.4, 0.5) is 11.4 Å². The van der Waals surface area contributed by atoms with Crippen molar-refractivity contribution >= 4 is 41.3 Å². The first-order valence-corrected chi connectivity index (χ1v) is 8.90. The van der Waals surface area contributed by atoms with Gasteiger partial charge in [0.1, 0.15) is 6.04 Å². The van der Waals surface area contributed by atoms with E-state index in [1.165, 1.54) is 6.92 Å². The van der Waals surface area contributed by atoms with Crippen molar-refractivity contribution in [3.63, 3.8) is 0 Å². The van der Waals surface area contributed by atoms with E-state index in [0.717, 1.165) is 5.56 Å². The first-order valence-electron chi connectivity index (χ1n) is 8.90. The molecule has 0 radical (unpaired) electrons. The summed E-state index contributed by atoms with van der Waals surface area (Å²) in [4.78, 5) is 39.6. The summed E-state index contributed by atoms with van der Waals surface area (Å²) >= 11 is 0. The fraction of sp³-hybridized carbons (Fsp3) is 0.150. The van der Waals surface area contributed by atoms with Crippen LogP contribution in [0.1, 0.15) is 18.9 Å². The number of rotatable bonds is 6. The first kappa shape index (κ1) is 19.7. The molecule has 0 fully saturated rings. The maximum absolute atomic E-state index is 12.3. The second kappa shape index (κ2) is 9.27. The SMILES string of the molecule is CC(=O)Nc1cccc(NC(=O)C[C@H]2N=C(N/N=C\c3ccccc3)NC2=O)c1. The van der Waals surface area contributed by atoms with Gasteiger partial charge in [-0.2, -0.15) is 5.10 Å². The Morgan fingerprint density at radius 3 is 2.55 bits per heavy atom. The van der Waals surface area contributed by atoms with Gasteiger partial charge in [-0.3, -0.25) is 19.7 Å². The lowest BCUT2D eigenvalue weighted by Gasteiger charge is -2.09. The molecule has 1 atom stereocenters. The van der Waals surface area contributed by atoms with Gasteiger partial charge in [-0.05, 0) is 23.8 Å². The Hall–Kier alpha value is -4.01. The van der Waals surface area contributed by atoms with Crippen LogP contribution >= 0.6 is 0 Å². The summed E-state index contributed by atoms with van der Waals surface area (Å²) in [7, 11) is 0. The van der Waals surface area contributed by atoms with Gasteiger partial charge in [-0.1, -0.05) is 36.4 Å². The van der Waals surface area contributed by atoms with Crippen LogP contribution in [0.5, 0.6) is 0 Å². The molecule has 9 heteroatoms. The van der Waals surface area contributed by atoms with Gasteiger partial charge >= 0.3 is 0 Å². The van der Waals surface area contributed by atoms with Gasteiger partial charge in [-0.15, -0.1) is 0 Å². The van der Waals surface area contributed by atoms with Crippen LogP contribution in [0, 0.1) is 0 Å². The van der Waals surface area contributed by atoms with Gasteiger partial charge in [-0.25, -0.2) is 10.4 Å². The molecule has 9 nitrogen and oxygen atoms in total. The molecule has 0 aliphatic carbocycles. The van der Waals surface area contributed by atoms with Crippen LogP contribution < -0.4 is 21.4 Å². The number of carbonyl (C=O) groups is 3. The molecule has 4 N–H and O–H groups in total. The number of aliphatic imine (C=N–C) groups is 1. The summed E-state index contributed by atoms with van der Waals surface area (Å²) in [6.07, 6.45) is 1.47. The van der Waals surface area contributed by atoms with Crippen LogP contribution in [0.15, 0.2) is 64.7 Å². The average Bonchev–Trinajstić information content (AvgIpc) is 3.01. The summed E-state index contributed by atoms with van der Waals surface area (Å²) in [5, 5.41) is 11.9. The Morgan fingerprint density at radius 1 is 1.10 bits per heavy atom. The summed E-state index contributed by atoms with van der Waals surface area (Å²) < 4.78 is 0. The summed E-state index contributed by atoms with van der Waals surface area (Å²) in [5.74, 6) is -0.777. The highest BCUT2D eigenvalue weighted by Gasteiger charge is 2.28. The van der Waals surface area contributed by atoms with Crippen molar-refractivity contribution in [2.75, 3.05) is 10.6 Å². The van der Waals surface area contributed by atoms with Crippen LogP contribution in [0.25, 0.3) is 0 Å². The highest BCUT2D eigenvalue weighted by molar-refractivity contribution is 6.07. The predicted octanol–water partition coefficient (Wildman–Crippen LogP) is 1.45. The average molecular weight is 392 g/mol. The maximum Gasteiger partial charge on any atom is 0.252 e. The van der Waals surface area contributed by atoms with Crippen molar-refractivity contribution in [1.82, 2.24) is 10.7 Å². The molecule has 3 rings (SSSR count). The van der Waals surface area contributed by atoms with Crippen molar-refractivity contribution in [2.24, 2.45) is 10.1 Å². The number of carbonyl (C=O) groups excluding carboxylic acids is 3. The third kappa shape index (κ3) is 5.99. The van der Waals surface area contributed by atoms with E-state index in [9.17, 15) is 14.4 Å². The van der Waals surface area contributed by atoms with E-state index in [1.807, 2.05) is 30.3 Å². The first-order chi connectivity index (χ1) is 14.0. The van der Waals surface area contributed by atoms with E-state index in [0.29, 0.717) is 11.4 Å². The van der Waals surface area contributed by atoms with Gasteiger partial charge in [0.15, 0.2) is 0 Å². The topological polar surface area (TPSA) is 124 Å². The Morgan fingerprint density at radius 2 is 1.83 bits per heavy atom. The van der Waals surface area contributed by atoms with Crippen molar-refractivity contribution in [1.29, 1.82) is 0 Å². The lowest BCUT2D eigenvalue weighted by atomic mass is 10.2. The Kier molecular flexibility index (Phi) is 6.31. The van der Waals surface area contributed by atoms with Crippen molar-refractivity contribution in [2.45, 2.75) is 19.4 Å². The molecule has 0 saturated carbocycles. The minimum Gasteiger partial charge on any atom is -0.326 e. The Labute approximate surface area is 167 Å². The maximum atomic E-state index is 12.3. The van der Waals surface area contributed by atoms with Gasteiger partial charge in [0.25, 0.3) is 5.91 Å². The molecule has 148 valence electrons. The van der Waals surface area contributed by atoms with Crippen LogP contribution in [-0.2, 0) is 14.4 Å². The molecule has 0 bridgehead atoms. The third-order valence-corrected chi connectivity index (χ3v) is 3.86. The number of nitrogens with zero attached hydrogens (tertiary/aromatic N) is 2. The number of hydrogen-bond acceptors (Lipinski definition) is 6. The number of amides is 3. The molecular formula is C20H20N6O3. The highest BCUT2D eigenvalue weighted by Crippen LogP contribution is 2.16. The van der Waals surface area contributed by atoms with E-state index in [2.05, 4.69) is 31.5 Å². The van der Waals surface area contributed by atoms with Crippen LogP contribution in [0.2, 0.25) is 0 Å². The Bertz CT molecular complexity index is 971. The van der Waals surface area contributed by atoms with Gasteiger partial charge < -0.3 is 10.6 Å². The highest BCUT2D eigenvalue weighted by atomic mass is 16.2. The number of hydrazone groups is 1. The summed E-state index contributed by atoms with van der Waals surface area (Å²) in [5.41, 5.74) is 4.62. The predicted molar refractivity (Wildman–Crippen MR) is 111 cm³/mol. The molecule has 2 aromatic rings. The van der Waals surface area contributed by atoms with Crippen molar-refractivity contribution in [3.8, 4) is 0 Å². The van der Waals surface area contributed by atoms with E-state index in [4.69, 9.17) is 0 Å². The van der Waals surface area contributed by atoms with Gasteiger partial charge in [0, 0.05) is 18.3 Å².